The number of amides is 2. The van der Waals surface area contributed by atoms with E-state index in [-0.39, 0.29) is 17.7 Å². The van der Waals surface area contributed by atoms with Crippen LogP contribution in [0.5, 0.6) is 0 Å². The van der Waals surface area contributed by atoms with Crippen molar-refractivity contribution >= 4 is 28.2 Å². The number of hydrogen-bond donors (Lipinski definition) is 3. The van der Waals surface area contributed by atoms with Crippen LogP contribution in [0, 0.1) is 17.2 Å². The highest BCUT2D eigenvalue weighted by Crippen LogP contribution is 2.35. The van der Waals surface area contributed by atoms with Crippen molar-refractivity contribution in [2.75, 3.05) is 18.4 Å². The van der Waals surface area contributed by atoms with Gasteiger partial charge >= 0.3 is 0 Å². The lowest BCUT2D eigenvalue weighted by atomic mass is 9.98. The summed E-state index contributed by atoms with van der Waals surface area (Å²) in [7, 11) is 0. The molecule has 1 saturated heterocycles. The summed E-state index contributed by atoms with van der Waals surface area (Å²) in [4.78, 5) is 24.5. The normalized spacial score (nSPS) is 21.1. The lowest BCUT2D eigenvalue weighted by molar-refractivity contribution is -0.126. The predicted molar refractivity (Wildman–Crippen MR) is 78.8 cm³/mol. The van der Waals surface area contributed by atoms with Crippen molar-refractivity contribution in [1.29, 1.82) is 5.26 Å². The summed E-state index contributed by atoms with van der Waals surface area (Å²) in [5, 5.41) is 18.8. The van der Waals surface area contributed by atoms with Gasteiger partial charge in [-0.15, -0.1) is 11.3 Å². The molecule has 0 bridgehead atoms. The second-order valence-electron chi connectivity index (χ2n) is 5.28. The van der Waals surface area contributed by atoms with Crippen molar-refractivity contribution < 1.29 is 9.59 Å². The summed E-state index contributed by atoms with van der Waals surface area (Å²) in [5.74, 6) is -0.334. The minimum absolute atomic E-state index is 0.00516. The number of nitrogens with zero attached hydrogens (tertiary/aromatic N) is 1. The molecular formula is C14H16N4O2S. The van der Waals surface area contributed by atoms with Crippen molar-refractivity contribution in [3.63, 3.8) is 0 Å². The van der Waals surface area contributed by atoms with Crippen LogP contribution < -0.4 is 16.0 Å². The van der Waals surface area contributed by atoms with Crippen LogP contribution in [0.2, 0.25) is 0 Å². The summed E-state index contributed by atoms with van der Waals surface area (Å²) in [6.45, 7) is 1.99. The lowest BCUT2D eigenvalue weighted by Crippen LogP contribution is -2.40. The quantitative estimate of drug-likeness (QED) is 0.751. The number of anilines is 1. The summed E-state index contributed by atoms with van der Waals surface area (Å²) < 4.78 is 0. The number of hydrogen-bond acceptors (Lipinski definition) is 5. The fourth-order valence-corrected chi connectivity index (χ4v) is 3.88. The van der Waals surface area contributed by atoms with E-state index in [1.807, 2.05) is 0 Å². The molecule has 6 nitrogen and oxygen atoms in total. The molecule has 3 heterocycles. The molecule has 1 fully saturated rings. The van der Waals surface area contributed by atoms with Gasteiger partial charge in [0.05, 0.1) is 11.5 Å². The predicted octanol–water partition coefficient (Wildman–Crippen LogP) is 0.730. The van der Waals surface area contributed by atoms with Crippen molar-refractivity contribution in [2.24, 2.45) is 5.92 Å². The zero-order valence-electron chi connectivity index (χ0n) is 11.5. The van der Waals surface area contributed by atoms with E-state index in [1.165, 1.54) is 11.3 Å². The molecule has 0 saturated carbocycles. The van der Waals surface area contributed by atoms with Crippen LogP contribution in [0.3, 0.4) is 0 Å². The van der Waals surface area contributed by atoms with Gasteiger partial charge < -0.3 is 16.0 Å². The summed E-state index contributed by atoms with van der Waals surface area (Å²) in [5.41, 5.74) is 1.66. The molecule has 0 radical (unpaired) electrons. The van der Waals surface area contributed by atoms with Gasteiger partial charge in [0.2, 0.25) is 11.8 Å². The number of thiophene rings is 1. The smallest absolute Gasteiger partial charge is 0.229 e. The van der Waals surface area contributed by atoms with E-state index < -0.39 is 0 Å². The summed E-state index contributed by atoms with van der Waals surface area (Å²) in [6.07, 6.45) is 1.77. The number of piperidine rings is 1. The summed E-state index contributed by atoms with van der Waals surface area (Å²) >= 11 is 1.48. The first-order chi connectivity index (χ1) is 10.2. The van der Waals surface area contributed by atoms with Crippen LogP contribution >= 0.6 is 11.3 Å². The molecule has 1 unspecified atom stereocenters. The highest BCUT2D eigenvalue weighted by molar-refractivity contribution is 7.16. The Balaban J connectivity index is 1.76. The molecule has 0 aliphatic carbocycles. The molecule has 0 aromatic carbocycles. The summed E-state index contributed by atoms with van der Waals surface area (Å²) in [6, 6.07) is 2.22. The maximum absolute atomic E-state index is 12.3. The van der Waals surface area contributed by atoms with Gasteiger partial charge in [0.15, 0.2) is 0 Å². The van der Waals surface area contributed by atoms with E-state index in [0.29, 0.717) is 30.0 Å². The number of carbonyl (C=O) groups excluding carboxylic acids is 2. The second kappa shape index (κ2) is 5.84. The highest BCUT2D eigenvalue weighted by atomic mass is 32.1. The molecule has 7 heteroatoms. The molecule has 1 aromatic heterocycles. The molecule has 1 atom stereocenters. The van der Waals surface area contributed by atoms with Gasteiger partial charge in [-0.2, -0.15) is 5.26 Å². The number of carbonyl (C=O) groups is 2. The molecule has 3 N–H and O–H groups in total. The average Bonchev–Trinajstić information content (AvgIpc) is 2.84. The Bertz CT molecular complexity index is 622. The number of rotatable bonds is 2. The minimum Gasteiger partial charge on any atom is -0.355 e. The van der Waals surface area contributed by atoms with Gasteiger partial charge in [0.1, 0.15) is 11.1 Å². The van der Waals surface area contributed by atoms with Gasteiger partial charge in [0, 0.05) is 24.4 Å². The largest absolute Gasteiger partial charge is 0.355 e. The maximum Gasteiger partial charge on any atom is 0.229 e. The fourth-order valence-electron chi connectivity index (χ4n) is 2.71. The van der Waals surface area contributed by atoms with E-state index in [0.717, 1.165) is 30.0 Å². The van der Waals surface area contributed by atoms with E-state index in [4.69, 9.17) is 0 Å². The van der Waals surface area contributed by atoms with E-state index in [1.54, 1.807) is 0 Å². The zero-order valence-corrected chi connectivity index (χ0v) is 12.3. The van der Waals surface area contributed by atoms with Gasteiger partial charge in [-0.1, -0.05) is 0 Å². The van der Waals surface area contributed by atoms with Crippen LogP contribution in [-0.2, 0) is 22.6 Å². The third-order valence-electron chi connectivity index (χ3n) is 3.91. The van der Waals surface area contributed by atoms with Gasteiger partial charge in [-0.05, 0) is 24.9 Å². The molecule has 3 rings (SSSR count). The third-order valence-corrected chi connectivity index (χ3v) is 5.06. The van der Waals surface area contributed by atoms with Crippen LogP contribution in [0.4, 0.5) is 5.00 Å². The van der Waals surface area contributed by atoms with Gasteiger partial charge in [0.25, 0.3) is 0 Å². The topological polar surface area (TPSA) is 94.0 Å². The molecular weight excluding hydrogens is 288 g/mol. The Kier molecular flexibility index (Phi) is 3.90. The molecule has 2 amide bonds. The van der Waals surface area contributed by atoms with Crippen molar-refractivity contribution in [1.82, 2.24) is 10.6 Å². The first-order valence-corrected chi connectivity index (χ1v) is 7.83. The zero-order chi connectivity index (χ0) is 14.8. The molecule has 0 spiro atoms. The standard InChI is InChI=1S/C14H16N4O2S/c15-5-10-9-3-4-16-7-11(9)21-14(10)18-13(20)8-1-2-12(19)17-6-8/h8,16H,1-4,6-7H2,(H,17,19)(H,18,20). The molecule has 2 aliphatic heterocycles. The van der Waals surface area contributed by atoms with E-state index in [9.17, 15) is 14.9 Å². The minimum atomic E-state index is -0.216. The Morgan fingerprint density at radius 2 is 2.29 bits per heavy atom. The van der Waals surface area contributed by atoms with Crippen LogP contribution in [0.1, 0.15) is 28.8 Å². The number of fused-ring (bicyclic) bond motifs is 1. The average molecular weight is 304 g/mol. The Hall–Kier alpha value is -1.91. The van der Waals surface area contributed by atoms with Gasteiger partial charge in [-0.25, -0.2) is 0 Å². The van der Waals surface area contributed by atoms with Crippen LogP contribution in [0.25, 0.3) is 0 Å². The second-order valence-corrected chi connectivity index (χ2v) is 6.38. The molecule has 1 aromatic rings. The first-order valence-electron chi connectivity index (χ1n) is 7.02. The first kappa shape index (κ1) is 14.0. The SMILES string of the molecule is N#Cc1c(NC(=O)C2CCC(=O)NC2)sc2c1CCNC2. The Morgan fingerprint density at radius 1 is 1.43 bits per heavy atom. The maximum atomic E-state index is 12.3. The third kappa shape index (κ3) is 2.77. The fraction of sp³-hybridized carbons (Fsp3) is 0.500. The van der Waals surface area contributed by atoms with E-state index in [2.05, 4.69) is 22.0 Å². The molecule has 110 valence electrons. The highest BCUT2D eigenvalue weighted by Gasteiger charge is 2.27. The van der Waals surface area contributed by atoms with Gasteiger partial charge in [-0.3, -0.25) is 9.59 Å². The molecule has 21 heavy (non-hydrogen) atoms. The van der Waals surface area contributed by atoms with Crippen molar-refractivity contribution in [2.45, 2.75) is 25.8 Å². The van der Waals surface area contributed by atoms with Crippen LogP contribution in [0.15, 0.2) is 0 Å². The number of nitriles is 1. The van der Waals surface area contributed by atoms with Crippen LogP contribution in [-0.4, -0.2) is 24.9 Å². The Labute approximate surface area is 126 Å². The Morgan fingerprint density at radius 3 is 3.00 bits per heavy atom. The lowest BCUT2D eigenvalue weighted by Gasteiger charge is -2.21. The number of nitrogens with one attached hydrogen (secondary N) is 3. The van der Waals surface area contributed by atoms with E-state index >= 15 is 0 Å². The monoisotopic (exact) mass is 304 g/mol. The van der Waals surface area contributed by atoms with Crippen molar-refractivity contribution in [3.05, 3.63) is 16.0 Å². The molecule has 2 aliphatic rings. The van der Waals surface area contributed by atoms with Crippen molar-refractivity contribution in [3.8, 4) is 6.07 Å².